The van der Waals surface area contributed by atoms with E-state index >= 15 is 0 Å². The normalized spacial score (nSPS) is 11.3. The van der Waals surface area contributed by atoms with Crippen molar-refractivity contribution in [1.82, 2.24) is 5.16 Å². The molecule has 0 unspecified atom stereocenters. The average molecular weight is 391 g/mol. The summed E-state index contributed by atoms with van der Waals surface area (Å²) in [7, 11) is -3.34. The third-order valence-electron chi connectivity index (χ3n) is 3.40. The summed E-state index contributed by atoms with van der Waals surface area (Å²) in [6.07, 6.45) is 0.536. The van der Waals surface area contributed by atoms with Crippen LogP contribution in [-0.2, 0) is 10.0 Å². The summed E-state index contributed by atoms with van der Waals surface area (Å²) in [5, 5.41) is 8.39. The number of nitrogens with one attached hydrogen (secondary N) is 2. The molecule has 2 N–H and O–H groups in total. The predicted octanol–water partition coefficient (Wildman–Crippen LogP) is 3.81. The van der Waals surface area contributed by atoms with E-state index in [4.69, 9.17) is 4.52 Å². The van der Waals surface area contributed by atoms with Gasteiger partial charge in [0.05, 0.1) is 10.6 Å². The summed E-state index contributed by atoms with van der Waals surface area (Å²) < 4.78 is 31.2. The van der Waals surface area contributed by atoms with Crippen LogP contribution in [0.3, 0.4) is 0 Å². The highest BCUT2D eigenvalue weighted by Gasteiger charge is 2.15. The minimum absolute atomic E-state index is 0.0597. The van der Waals surface area contributed by atoms with Crippen LogP contribution in [0.5, 0.6) is 0 Å². The molecular weight excluding hydrogens is 374 g/mol. The second kappa shape index (κ2) is 7.71. The molecule has 7 nitrogen and oxygen atoms in total. The molecular formula is C17H17N3O4S2. The lowest BCUT2D eigenvalue weighted by atomic mass is 10.2. The van der Waals surface area contributed by atoms with Crippen LogP contribution in [0.25, 0.3) is 10.6 Å². The average Bonchev–Trinajstić information content (AvgIpc) is 3.27. The van der Waals surface area contributed by atoms with Crippen molar-refractivity contribution in [3.8, 4) is 10.6 Å². The summed E-state index contributed by atoms with van der Waals surface area (Å²) in [4.78, 5) is 13.1. The molecule has 9 heteroatoms. The maximum Gasteiger partial charge on any atom is 0.277 e. The number of carbonyl (C=O) groups is 1. The zero-order chi connectivity index (χ0) is 18.6. The molecule has 0 aliphatic rings. The molecule has 0 saturated carbocycles. The highest BCUT2D eigenvalue weighted by atomic mass is 32.2. The standard InChI is InChI=1S/C17H17N3O4S2/c1-2-10-26(22,23)20-13-7-5-12(6-8-13)18-17(21)14-11-15(24-19-14)16-4-3-9-25-16/h3-9,11,20H,2,10H2,1H3,(H,18,21). The Bertz CT molecular complexity index is 977. The highest BCUT2D eigenvalue weighted by molar-refractivity contribution is 7.92. The van der Waals surface area contributed by atoms with Gasteiger partial charge in [-0.1, -0.05) is 18.1 Å². The molecule has 0 aliphatic carbocycles. The third kappa shape index (κ3) is 4.50. The van der Waals surface area contributed by atoms with Gasteiger partial charge in [-0.2, -0.15) is 0 Å². The van der Waals surface area contributed by atoms with E-state index in [1.807, 2.05) is 17.5 Å². The van der Waals surface area contributed by atoms with Crippen LogP contribution in [0.4, 0.5) is 11.4 Å². The minimum atomic E-state index is -3.34. The summed E-state index contributed by atoms with van der Waals surface area (Å²) in [5.41, 5.74) is 1.13. The summed E-state index contributed by atoms with van der Waals surface area (Å²) >= 11 is 1.49. The second-order valence-electron chi connectivity index (χ2n) is 5.51. The molecule has 2 heterocycles. The molecule has 0 radical (unpaired) electrons. The second-order valence-corrected chi connectivity index (χ2v) is 8.30. The summed E-state index contributed by atoms with van der Waals surface area (Å²) in [6, 6.07) is 11.7. The molecule has 0 saturated heterocycles. The Morgan fingerprint density at radius 2 is 1.92 bits per heavy atom. The maximum atomic E-state index is 12.3. The van der Waals surface area contributed by atoms with Crippen LogP contribution in [0.2, 0.25) is 0 Å². The quantitative estimate of drug-likeness (QED) is 0.638. The van der Waals surface area contributed by atoms with Gasteiger partial charge in [0.2, 0.25) is 10.0 Å². The van der Waals surface area contributed by atoms with Gasteiger partial charge in [0.1, 0.15) is 0 Å². The Hall–Kier alpha value is -2.65. The smallest absolute Gasteiger partial charge is 0.277 e. The Balaban J connectivity index is 1.65. The number of benzene rings is 1. The molecule has 0 aliphatic heterocycles. The monoisotopic (exact) mass is 391 g/mol. The maximum absolute atomic E-state index is 12.3. The van der Waals surface area contributed by atoms with E-state index in [0.29, 0.717) is 23.6 Å². The van der Waals surface area contributed by atoms with Crippen molar-refractivity contribution >= 4 is 38.6 Å². The van der Waals surface area contributed by atoms with Gasteiger partial charge in [-0.05, 0) is 42.1 Å². The number of amides is 1. The van der Waals surface area contributed by atoms with E-state index < -0.39 is 15.9 Å². The van der Waals surface area contributed by atoms with Crippen molar-refractivity contribution in [2.24, 2.45) is 0 Å². The number of hydrogen-bond donors (Lipinski definition) is 2. The fourth-order valence-corrected chi connectivity index (χ4v) is 4.04. The van der Waals surface area contributed by atoms with Crippen LogP contribution < -0.4 is 10.0 Å². The fraction of sp³-hybridized carbons (Fsp3) is 0.176. The number of anilines is 2. The highest BCUT2D eigenvalue weighted by Crippen LogP contribution is 2.25. The van der Waals surface area contributed by atoms with Gasteiger partial charge in [-0.3, -0.25) is 9.52 Å². The van der Waals surface area contributed by atoms with Crippen molar-refractivity contribution in [3.05, 3.63) is 53.5 Å². The van der Waals surface area contributed by atoms with Crippen molar-refractivity contribution in [2.75, 3.05) is 15.8 Å². The number of carbonyl (C=O) groups excluding carboxylic acids is 1. The first-order valence-corrected chi connectivity index (χ1v) is 10.4. The van der Waals surface area contributed by atoms with Crippen LogP contribution >= 0.6 is 11.3 Å². The zero-order valence-corrected chi connectivity index (χ0v) is 15.6. The van der Waals surface area contributed by atoms with E-state index in [2.05, 4.69) is 15.2 Å². The van der Waals surface area contributed by atoms with E-state index in [-0.39, 0.29) is 11.4 Å². The Labute approximate surface area is 155 Å². The number of thiophene rings is 1. The zero-order valence-electron chi connectivity index (χ0n) is 13.9. The molecule has 0 fully saturated rings. The molecule has 0 atom stereocenters. The van der Waals surface area contributed by atoms with E-state index in [0.717, 1.165) is 4.88 Å². The molecule has 1 amide bonds. The molecule has 2 aromatic heterocycles. The molecule has 0 spiro atoms. The summed E-state index contributed by atoms with van der Waals surface area (Å²) in [6.45, 7) is 1.80. The number of rotatable bonds is 7. The lowest BCUT2D eigenvalue weighted by Crippen LogP contribution is -2.16. The third-order valence-corrected chi connectivity index (χ3v) is 5.77. The van der Waals surface area contributed by atoms with Gasteiger partial charge in [0.25, 0.3) is 5.91 Å². The number of nitrogens with zero attached hydrogens (tertiary/aromatic N) is 1. The summed E-state index contributed by atoms with van der Waals surface area (Å²) in [5.74, 6) is 0.186. The Morgan fingerprint density at radius 3 is 2.58 bits per heavy atom. The minimum Gasteiger partial charge on any atom is -0.355 e. The molecule has 136 valence electrons. The van der Waals surface area contributed by atoms with Gasteiger partial charge < -0.3 is 9.84 Å². The SMILES string of the molecule is CCCS(=O)(=O)Nc1ccc(NC(=O)c2cc(-c3cccs3)on2)cc1. The van der Waals surface area contributed by atoms with Crippen LogP contribution in [-0.4, -0.2) is 25.2 Å². The van der Waals surface area contributed by atoms with Gasteiger partial charge >= 0.3 is 0 Å². The lowest BCUT2D eigenvalue weighted by Gasteiger charge is -2.08. The van der Waals surface area contributed by atoms with Gasteiger partial charge in [0, 0.05) is 17.4 Å². The first-order chi connectivity index (χ1) is 12.5. The van der Waals surface area contributed by atoms with Gasteiger partial charge in [-0.15, -0.1) is 11.3 Å². The van der Waals surface area contributed by atoms with Crippen LogP contribution in [0.1, 0.15) is 23.8 Å². The topological polar surface area (TPSA) is 101 Å². The first kappa shape index (κ1) is 18.2. The van der Waals surface area contributed by atoms with Gasteiger partial charge in [0.15, 0.2) is 11.5 Å². The number of aromatic nitrogens is 1. The van der Waals surface area contributed by atoms with E-state index in [1.165, 1.54) is 11.3 Å². The van der Waals surface area contributed by atoms with Crippen LogP contribution in [0, 0.1) is 0 Å². The van der Waals surface area contributed by atoms with Crippen molar-refractivity contribution in [1.29, 1.82) is 0 Å². The first-order valence-electron chi connectivity index (χ1n) is 7.89. The molecule has 1 aromatic carbocycles. The van der Waals surface area contributed by atoms with Gasteiger partial charge in [-0.25, -0.2) is 8.42 Å². The van der Waals surface area contributed by atoms with Crippen molar-refractivity contribution in [3.63, 3.8) is 0 Å². The molecule has 3 aromatic rings. The molecule has 26 heavy (non-hydrogen) atoms. The number of hydrogen-bond acceptors (Lipinski definition) is 6. The Morgan fingerprint density at radius 1 is 1.19 bits per heavy atom. The molecule has 0 bridgehead atoms. The Kier molecular flexibility index (Phi) is 5.38. The largest absolute Gasteiger partial charge is 0.355 e. The molecule has 3 rings (SSSR count). The number of sulfonamides is 1. The fourth-order valence-electron chi connectivity index (χ4n) is 2.23. The van der Waals surface area contributed by atoms with E-state index in [1.54, 1.807) is 37.3 Å². The van der Waals surface area contributed by atoms with Crippen LogP contribution in [0.15, 0.2) is 52.4 Å². The van der Waals surface area contributed by atoms with E-state index in [9.17, 15) is 13.2 Å². The predicted molar refractivity (Wildman–Crippen MR) is 102 cm³/mol. The van der Waals surface area contributed by atoms with Crippen molar-refractivity contribution < 1.29 is 17.7 Å². The lowest BCUT2D eigenvalue weighted by molar-refractivity contribution is 0.101. The van der Waals surface area contributed by atoms with Crippen molar-refractivity contribution in [2.45, 2.75) is 13.3 Å².